The molecule has 0 radical (unpaired) electrons. The number of carboxylic acid groups (broad SMARTS) is 1. The Morgan fingerprint density at radius 3 is 2.46 bits per heavy atom. The Morgan fingerprint density at radius 2 is 1.89 bits per heavy atom. The lowest BCUT2D eigenvalue weighted by Gasteiger charge is -2.44. The molecule has 1 unspecified atom stereocenters. The number of nitrogens with zero attached hydrogens (tertiary/aromatic N) is 2. The van der Waals surface area contributed by atoms with E-state index in [0.717, 1.165) is 11.9 Å². The van der Waals surface area contributed by atoms with Gasteiger partial charge >= 0.3 is 5.97 Å². The van der Waals surface area contributed by atoms with Crippen LogP contribution in [0.5, 0.6) is 0 Å². The number of hydrogen-bond acceptors (Lipinski definition) is 5. The van der Waals surface area contributed by atoms with Crippen LogP contribution in [-0.4, -0.2) is 58.3 Å². The molecule has 0 bridgehead atoms. The van der Waals surface area contributed by atoms with Gasteiger partial charge in [-0.25, -0.2) is 13.6 Å². The third-order valence-electron chi connectivity index (χ3n) is 4.76. The number of rotatable bonds is 6. The highest BCUT2D eigenvalue weighted by molar-refractivity contribution is 8.00. The average Bonchev–Trinajstić information content (AvgIpc) is 2.63. The molecule has 28 heavy (non-hydrogen) atoms. The van der Waals surface area contributed by atoms with Gasteiger partial charge in [0.2, 0.25) is 0 Å². The summed E-state index contributed by atoms with van der Waals surface area (Å²) in [5, 5.41) is 9.35. The van der Waals surface area contributed by atoms with Crippen molar-refractivity contribution in [3.63, 3.8) is 0 Å². The minimum absolute atomic E-state index is 0.208. The first-order valence-corrected chi connectivity index (χ1v) is 10.3. The predicted molar refractivity (Wildman–Crippen MR) is 105 cm³/mol. The predicted octanol–water partition coefficient (Wildman–Crippen LogP) is 3.43. The molecule has 1 aromatic rings. The maximum atomic E-state index is 13.7. The van der Waals surface area contributed by atoms with Crippen molar-refractivity contribution in [2.75, 3.05) is 32.1 Å². The Balaban J connectivity index is 2.03. The summed E-state index contributed by atoms with van der Waals surface area (Å²) >= 11 is 1.50. The molecule has 1 aromatic carbocycles. The summed E-state index contributed by atoms with van der Waals surface area (Å²) in [5.74, 6) is -0.695. The molecule has 1 fully saturated rings. The smallest absolute Gasteiger partial charge is 0.334 e. The number of allylic oxidation sites excluding steroid dienone is 2. The number of hydrogen-bond donors (Lipinski definition) is 1. The summed E-state index contributed by atoms with van der Waals surface area (Å²) < 4.78 is 32.9. The summed E-state index contributed by atoms with van der Waals surface area (Å²) in [6, 6.07) is 3.42. The lowest BCUT2D eigenvalue weighted by Crippen LogP contribution is -2.47. The molecule has 3 rings (SSSR count). The molecular weight excluding hydrogens is 386 g/mol. The van der Waals surface area contributed by atoms with E-state index in [1.165, 1.54) is 23.9 Å². The molecule has 5 nitrogen and oxygen atoms in total. The number of benzene rings is 1. The van der Waals surface area contributed by atoms with E-state index in [1.54, 1.807) is 6.92 Å². The number of carboxylic acids is 1. The number of aliphatic carboxylic acids is 1. The molecule has 0 amide bonds. The van der Waals surface area contributed by atoms with Gasteiger partial charge in [0, 0.05) is 25.7 Å². The summed E-state index contributed by atoms with van der Waals surface area (Å²) in [6.07, 6.45) is 1.86. The zero-order valence-electron chi connectivity index (χ0n) is 16.0. The van der Waals surface area contributed by atoms with E-state index in [2.05, 4.69) is 4.90 Å². The van der Waals surface area contributed by atoms with Gasteiger partial charge in [-0.05, 0) is 42.0 Å². The molecule has 1 N–H and O–H groups in total. The van der Waals surface area contributed by atoms with Crippen LogP contribution in [0.2, 0.25) is 0 Å². The normalized spacial score (nSPS) is 20.4. The fourth-order valence-electron chi connectivity index (χ4n) is 3.56. The third kappa shape index (κ3) is 4.50. The second-order valence-electron chi connectivity index (χ2n) is 6.72. The van der Waals surface area contributed by atoms with E-state index in [1.807, 2.05) is 17.9 Å². The summed E-state index contributed by atoms with van der Waals surface area (Å²) in [4.78, 5) is 16.0. The van der Waals surface area contributed by atoms with Crippen molar-refractivity contribution in [3.05, 3.63) is 58.4 Å². The standard InChI is InChI=1S/C20H24F2N2O3S/c1-3-28-19-18(20(25)26)13(2)8-17(23-4-6-27-7-5-23)24(19)12-14-9-15(21)11-16(22)10-14/h8-11,19H,3-7,12H2,1-2H3,(H,25,26). The van der Waals surface area contributed by atoms with Crippen LogP contribution in [0.25, 0.3) is 0 Å². The van der Waals surface area contributed by atoms with Crippen molar-refractivity contribution in [2.24, 2.45) is 0 Å². The van der Waals surface area contributed by atoms with Crippen molar-refractivity contribution in [2.45, 2.75) is 25.8 Å². The molecule has 1 saturated heterocycles. The van der Waals surface area contributed by atoms with Crippen molar-refractivity contribution in [1.29, 1.82) is 0 Å². The first-order valence-electron chi connectivity index (χ1n) is 9.22. The molecule has 2 aliphatic heterocycles. The topological polar surface area (TPSA) is 53.0 Å². The van der Waals surface area contributed by atoms with Crippen LogP contribution in [0.4, 0.5) is 8.78 Å². The monoisotopic (exact) mass is 410 g/mol. The lowest BCUT2D eigenvalue weighted by atomic mass is 10.0. The molecule has 152 valence electrons. The zero-order valence-corrected chi connectivity index (χ0v) is 16.8. The number of ether oxygens (including phenoxy) is 1. The van der Waals surface area contributed by atoms with E-state index < -0.39 is 23.0 Å². The van der Waals surface area contributed by atoms with Crippen LogP contribution in [0, 0.1) is 11.6 Å². The largest absolute Gasteiger partial charge is 0.478 e. The Hall–Kier alpha value is -2.06. The minimum atomic E-state index is -0.976. The fourth-order valence-corrected chi connectivity index (χ4v) is 4.69. The zero-order chi connectivity index (χ0) is 20.3. The average molecular weight is 410 g/mol. The molecule has 2 aliphatic rings. The fraction of sp³-hybridized carbons (Fsp3) is 0.450. The molecule has 8 heteroatoms. The van der Waals surface area contributed by atoms with Crippen molar-refractivity contribution in [3.8, 4) is 0 Å². The van der Waals surface area contributed by atoms with Gasteiger partial charge in [-0.3, -0.25) is 0 Å². The minimum Gasteiger partial charge on any atom is -0.478 e. The molecule has 0 spiro atoms. The van der Waals surface area contributed by atoms with Crippen molar-refractivity contribution in [1.82, 2.24) is 9.80 Å². The first kappa shape index (κ1) is 20.7. The van der Waals surface area contributed by atoms with Crippen LogP contribution < -0.4 is 0 Å². The maximum absolute atomic E-state index is 13.7. The molecule has 0 aliphatic carbocycles. The highest BCUT2D eigenvalue weighted by Crippen LogP contribution is 2.36. The quantitative estimate of drug-likeness (QED) is 0.776. The van der Waals surface area contributed by atoms with E-state index in [9.17, 15) is 18.7 Å². The van der Waals surface area contributed by atoms with E-state index in [-0.39, 0.29) is 6.54 Å². The van der Waals surface area contributed by atoms with Crippen LogP contribution in [0.3, 0.4) is 0 Å². The summed E-state index contributed by atoms with van der Waals surface area (Å²) in [7, 11) is 0. The van der Waals surface area contributed by atoms with Gasteiger partial charge in [0.25, 0.3) is 0 Å². The van der Waals surface area contributed by atoms with Crippen LogP contribution in [-0.2, 0) is 16.1 Å². The van der Waals surface area contributed by atoms with Crippen LogP contribution >= 0.6 is 11.8 Å². The number of halogens is 2. The van der Waals surface area contributed by atoms with E-state index >= 15 is 0 Å². The van der Waals surface area contributed by atoms with Crippen LogP contribution in [0.15, 0.2) is 41.2 Å². The Labute approximate surface area is 167 Å². The molecule has 2 heterocycles. The van der Waals surface area contributed by atoms with E-state index in [0.29, 0.717) is 48.8 Å². The Morgan fingerprint density at radius 1 is 1.25 bits per heavy atom. The van der Waals surface area contributed by atoms with Gasteiger partial charge in [-0.15, -0.1) is 11.8 Å². The molecular formula is C20H24F2N2O3S. The SMILES string of the molecule is CCSC1C(C(=O)O)=C(C)C=C(N2CCOCC2)N1Cc1cc(F)cc(F)c1. The second-order valence-corrected chi connectivity index (χ2v) is 8.07. The number of morpholine rings is 1. The lowest BCUT2D eigenvalue weighted by molar-refractivity contribution is -0.133. The molecule has 0 saturated carbocycles. The van der Waals surface area contributed by atoms with Gasteiger partial charge in [0.1, 0.15) is 22.8 Å². The summed E-state index contributed by atoms with van der Waals surface area (Å²) in [6.45, 7) is 6.50. The van der Waals surface area contributed by atoms with Gasteiger partial charge in [0.05, 0.1) is 18.8 Å². The summed E-state index contributed by atoms with van der Waals surface area (Å²) in [5.41, 5.74) is 1.46. The first-order chi connectivity index (χ1) is 13.4. The van der Waals surface area contributed by atoms with Gasteiger partial charge in [0.15, 0.2) is 0 Å². The van der Waals surface area contributed by atoms with Gasteiger partial charge < -0.3 is 19.6 Å². The third-order valence-corrected chi connectivity index (χ3v) is 5.90. The van der Waals surface area contributed by atoms with E-state index in [4.69, 9.17) is 4.74 Å². The van der Waals surface area contributed by atoms with Gasteiger partial charge in [-0.1, -0.05) is 6.92 Å². The number of thioether (sulfide) groups is 1. The Bertz CT molecular complexity index is 786. The maximum Gasteiger partial charge on any atom is 0.334 e. The second kappa shape index (κ2) is 8.96. The highest BCUT2D eigenvalue weighted by atomic mass is 32.2. The molecule has 0 aromatic heterocycles. The van der Waals surface area contributed by atoms with Crippen LogP contribution in [0.1, 0.15) is 19.4 Å². The van der Waals surface area contributed by atoms with Crippen molar-refractivity contribution >= 4 is 17.7 Å². The molecule has 1 atom stereocenters. The Kier molecular flexibility index (Phi) is 6.61. The highest BCUT2D eigenvalue weighted by Gasteiger charge is 2.35. The number of carbonyl (C=O) groups is 1. The van der Waals surface area contributed by atoms with Gasteiger partial charge in [-0.2, -0.15) is 0 Å². The van der Waals surface area contributed by atoms with Crippen molar-refractivity contribution < 1.29 is 23.4 Å².